The van der Waals surface area contributed by atoms with E-state index in [0.717, 1.165) is 31.0 Å². The van der Waals surface area contributed by atoms with E-state index in [1.54, 1.807) is 5.10 Å². The molecule has 4 aromatic rings. The number of H-pyrrole nitrogens is 1. The van der Waals surface area contributed by atoms with Crippen LogP contribution in [0.15, 0.2) is 46.6 Å². The highest BCUT2D eigenvalue weighted by molar-refractivity contribution is 5.82. The van der Waals surface area contributed by atoms with Crippen molar-refractivity contribution in [2.75, 3.05) is 5.73 Å². The van der Waals surface area contributed by atoms with Gasteiger partial charge in [0.15, 0.2) is 5.82 Å². The van der Waals surface area contributed by atoms with Crippen LogP contribution in [0, 0.1) is 11.7 Å². The van der Waals surface area contributed by atoms with E-state index >= 15 is 0 Å². The van der Waals surface area contributed by atoms with Crippen LogP contribution in [-0.4, -0.2) is 29.7 Å². The van der Waals surface area contributed by atoms with Crippen molar-refractivity contribution in [1.29, 1.82) is 0 Å². The Labute approximate surface area is 226 Å². The van der Waals surface area contributed by atoms with Gasteiger partial charge in [0, 0.05) is 18.9 Å². The van der Waals surface area contributed by atoms with Crippen LogP contribution < -0.4 is 16.9 Å². The fraction of sp³-hybridized carbons (Fsp3) is 0.360. The first kappa shape index (κ1) is 29.6. The van der Waals surface area contributed by atoms with Crippen molar-refractivity contribution in [3.63, 3.8) is 0 Å². The van der Waals surface area contributed by atoms with Gasteiger partial charge in [-0.2, -0.15) is 31.4 Å². The average Bonchev–Trinajstić information content (AvgIpc) is 3.71. The number of nitrogen functional groups attached to an aromatic ring is 1. The number of rotatable bonds is 6. The molecule has 0 radical (unpaired) electrons. The number of benzene rings is 1. The Kier molecular flexibility index (Phi) is 8.39. The number of hydrogen-bond donors (Lipinski definition) is 2. The first-order valence-corrected chi connectivity index (χ1v) is 12.2. The second-order valence-electron chi connectivity index (χ2n) is 9.35. The van der Waals surface area contributed by atoms with Gasteiger partial charge in [-0.1, -0.05) is 25.7 Å². The second kappa shape index (κ2) is 11.6. The number of nitrogens with two attached hydrogens (primary N) is 1. The van der Waals surface area contributed by atoms with E-state index in [9.17, 15) is 40.3 Å². The molecule has 0 bridgehead atoms. The lowest BCUT2D eigenvalue weighted by Crippen LogP contribution is -2.24. The maximum absolute atomic E-state index is 14.6. The van der Waals surface area contributed by atoms with Crippen molar-refractivity contribution in [3.05, 3.63) is 74.7 Å². The zero-order valence-electron chi connectivity index (χ0n) is 21.1. The minimum Gasteiger partial charge on any atom is -0.397 e. The standard InChI is InChI=1S/C20H18F4N4O.C5H4F3N3O/c21-16-7-15-17(8-14(16)18-25-9-13(10-26-18)20(22,23)24)27-11-28(19(15)29)6-2-1-3-12-4-5-12;6-5(7,8)3-2(9)1-10-11-4(3)12/h7-12H,1-6H2;1H,(H3,9,11,12). The number of nitrogens with one attached hydrogen (secondary N) is 1. The molecule has 1 aromatic carbocycles. The zero-order chi connectivity index (χ0) is 29.9. The van der Waals surface area contributed by atoms with E-state index in [0.29, 0.717) is 18.9 Å². The lowest BCUT2D eigenvalue weighted by molar-refractivity contribution is -0.138. The molecular formula is C25H22F7N7O2. The number of hydrogen-bond acceptors (Lipinski definition) is 7. The van der Waals surface area contributed by atoms with Crippen LogP contribution in [0.3, 0.4) is 0 Å². The third kappa shape index (κ3) is 7.24. The molecule has 9 nitrogen and oxygen atoms in total. The molecular weight excluding hydrogens is 563 g/mol. The smallest absolute Gasteiger partial charge is 0.397 e. The van der Waals surface area contributed by atoms with Gasteiger partial charge in [0.25, 0.3) is 11.1 Å². The van der Waals surface area contributed by atoms with Gasteiger partial charge in [-0.15, -0.1) is 0 Å². The number of unbranched alkanes of at least 4 members (excludes halogenated alkanes) is 1. The van der Waals surface area contributed by atoms with Crippen molar-refractivity contribution >= 4 is 16.6 Å². The van der Waals surface area contributed by atoms with Crippen molar-refractivity contribution in [2.24, 2.45) is 5.92 Å². The summed E-state index contributed by atoms with van der Waals surface area (Å²) in [4.78, 5) is 34.6. The largest absolute Gasteiger partial charge is 0.423 e. The van der Waals surface area contributed by atoms with E-state index in [1.165, 1.54) is 36.2 Å². The summed E-state index contributed by atoms with van der Waals surface area (Å²) < 4.78 is 89.9. The molecule has 1 saturated carbocycles. The van der Waals surface area contributed by atoms with Gasteiger partial charge in [0.05, 0.1) is 40.2 Å². The van der Waals surface area contributed by atoms with Crippen molar-refractivity contribution in [2.45, 2.75) is 51.0 Å². The monoisotopic (exact) mass is 585 g/mol. The number of nitrogens with zero attached hydrogens (tertiary/aromatic N) is 5. The minimum atomic E-state index is -4.74. The van der Waals surface area contributed by atoms with Crippen LogP contribution in [0.4, 0.5) is 36.4 Å². The first-order valence-electron chi connectivity index (χ1n) is 12.2. The molecule has 0 saturated heterocycles. The molecule has 3 N–H and O–H groups in total. The Morgan fingerprint density at radius 1 is 0.951 bits per heavy atom. The summed E-state index contributed by atoms with van der Waals surface area (Å²) in [6.07, 6.45) is -0.326. The first-order chi connectivity index (χ1) is 19.3. The number of aromatic nitrogens is 6. The lowest BCUT2D eigenvalue weighted by Gasteiger charge is -2.09. The highest BCUT2D eigenvalue weighted by atomic mass is 19.4. The van der Waals surface area contributed by atoms with E-state index < -0.39 is 40.5 Å². The average molecular weight is 585 g/mol. The summed E-state index contributed by atoms with van der Waals surface area (Å²) in [6.45, 7) is 0.514. The Bertz CT molecular complexity index is 1640. The highest BCUT2D eigenvalue weighted by Gasteiger charge is 2.36. The van der Waals surface area contributed by atoms with Crippen molar-refractivity contribution in [1.82, 2.24) is 29.7 Å². The second-order valence-corrected chi connectivity index (χ2v) is 9.35. The number of anilines is 1. The van der Waals surface area contributed by atoms with Gasteiger partial charge in [0.2, 0.25) is 0 Å². The van der Waals surface area contributed by atoms with Gasteiger partial charge >= 0.3 is 12.4 Å². The van der Waals surface area contributed by atoms with E-state index in [2.05, 4.69) is 20.1 Å². The van der Waals surface area contributed by atoms with Gasteiger partial charge < -0.3 is 5.73 Å². The molecule has 1 fully saturated rings. The van der Waals surface area contributed by atoms with Gasteiger partial charge in [0.1, 0.15) is 11.4 Å². The summed E-state index contributed by atoms with van der Waals surface area (Å²) in [6, 6.07) is 2.33. The molecule has 5 rings (SSSR count). The zero-order valence-corrected chi connectivity index (χ0v) is 21.1. The summed E-state index contributed by atoms with van der Waals surface area (Å²) in [5, 5.41) is 4.85. The molecule has 0 atom stereocenters. The summed E-state index contributed by atoms with van der Waals surface area (Å²) in [5.74, 6) is -0.160. The van der Waals surface area contributed by atoms with Crippen LogP contribution in [-0.2, 0) is 18.9 Å². The van der Waals surface area contributed by atoms with E-state index in [-0.39, 0.29) is 27.9 Å². The summed E-state index contributed by atoms with van der Waals surface area (Å²) in [5.41, 5.74) is 0.253. The quantitative estimate of drug-likeness (QED) is 0.241. The fourth-order valence-electron chi connectivity index (χ4n) is 3.95. The maximum atomic E-state index is 14.6. The molecule has 41 heavy (non-hydrogen) atoms. The van der Waals surface area contributed by atoms with Gasteiger partial charge in [-0.3, -0.25) is 14.2 Å². The molecule has 0 aliphatic heterocycles. The Morgan fingerprint density at radius 3 is 2.20 bits per heavy atom. The lowest BCUT2D eigenvalue weighted by atomic mass is 10.1. The molecule has 0 unspecified atom stereocenters. The predicted molar refractivity (Wildman–Crippen MR) is 133 cm³/mol. The van der Waals surface area contributed by atoms with Gasteiger partial charge in [-0.25, -0.2) is 24.4 Å². The Morgan fingerprint density at radius 2 is 1.63 bits per heavy atom. The number of fused-ring (bicyclic) bond motifs is 1. The van der Waals surface area contributed by atoms with Crippen LogP contribution in [0.2, 0.25) is 0 Å². The molecule has 1 aliphatic carbocycles. The predicted octanol–water partition coefficient (Wildman–Crippen LogP) is 4.96. The fourth-order valence-corrected chi connectivity index (χ4v) is 3.95. The normalized spacial score (nSPS) is 13.6. The van der Waals surface area contributed by atoms with Crippen LogP contribution in [0.25, 0.3) is 22.3 Å². The third-order valence-electron chi connectivity index (χ3n) is 6.26. The van der Waals surface area contributed by atoms with E-state index in [4.69, 9.17) is 5.73 Å². The molecule has 16 heteroatoms. The summed E-state index contributed by atoms with van der Waals surface area (Å²) in [7, 11) is 0. The molecule has 0 spiro atoms. The molecule has 0 amide bonds. The minimum absolute atomic E-state index is 0.111. The van der Waals surface area contributed by atoms with Crippen LogP contribution in [0.5, 0.6) is 0 Å². The highest BCUT2D eigenvalue weighted by Crippen LogP contribution is 2.34. The molecule has 218 valence electrons. The third-order valence-corrected chi connectivity index (χ3v) is 6.26. The topological polar surface area (TPSA) is 132 Å². The number of alkyl halides is 6. The molecule has 3 heterocycles. The SMILES string of the molecule is Nc1cn[nH]c(=O)c1C(F)(F)F.O=c1c2cc(F)c(-c3ncc(C(F)(F)F)cn3)cc2ncn1CCCCC1CC1. The number of aromatic amines is 1. The van der Waals surface area contributed by atoms with Crippen molar-refractivity contribution < 1.29 is 30.7 Å². The molecule has 1 aliphatic rings. The van der Waals surface area contributed by atoms with E-state index in [1.807, 2.05) is 0 Å². The van der Waals surface area contributed by atoms with Crippen LogP contribution in [0.1, 0.15) is 43.2 Å². The summed E-state index contributed by atoms with van der Waals surface area (Å²) >= 11 is 0. The number of halogens is 7. The Balaban J connectivity index is 0.000000271. The van der Waals surface area contributed by atoms with Gasteiger partial charge in [-0.05, 0) is 24.5 Å². The van der Waals surface area contributed by atoms with Crippen LogP contribution >= 0.6 is 0 Å². The number of aryl methyl sites for hydroxylation is 1. The van der Waals surface area contributed by atoms with Crippen molar-refractivity contribution in [3.8, 4) is 11.4 Å². The Hall–Kier alpha value is -4.37. The maximum Gasteiger partial charge on any atom is 0.423 e. The molecule has 3 aromatic heterocycles.